The summed E-state index contributed by atoms with van der Waals surface area (Å²) in [6.07, 6.45) is -22.2. The van der Waals surface area contributed by atoms with Crippen LogP contribution in [-0.4, -0.2) is 19.9 Å². The molecule has 0 radical (unpaired) electrons. The molecule has 0 aliphatic carbocycles. The van der Waals surface area contributed by atoms with Crippen molar-refractivity contribution in [2.75, 3.05) is 11.5 Å². The van der Waals surface area contributed by atoms with Crippen LogP contribution in [0.5, 0.6) is 0 Å². The summed E-state index contributed by atoms with van der Waals surface area (Å²) in [6.45, 7) is 0. The summed E-state index contributed by atoms with van der Waals surface area (Å²) in [7, 11) is -4.30. The van der Waals surface area contributed by atoms with Gasteiger partial charge in [-0.3, -0.25) is 0 Å². The van der Waals surface area contributed by atoms with Crippen LogP contribution in [-0.2, 0) is 47.4 Å². The van der Waals surface area contributed by atoms with Gasteiger partial charge in [0.1, 0.15) is 0 Å². The molecule has 0 fully saturated rings. The minimum absolute atomic E-state index is 0.149. The molecule has 0 heterocycles. The van der Waals surface area contributed by atoms with E-state index in [1.165, 1.54) is 0 Å². The SMILES string of the molecule is O=S(=O)(CCc1cc(C(F)(F)F)cc(C(F)(F)F)c1)CCc1cc(C(F)(F)F)cc(C(F)(F)F)c1. The lowest BCUT2D eigenvalue weighted by atomic mass is 10.0. The van der Waals surface area contributed by atoms with Crippen LogP contribution in [0.15, 0.2) is 36.4 Å². The molecule has 0 atom stereocenters. The first-order chi connectivity index (χ1) is 15.6. The second-order valence-corrected chi connectivity index (χ2v) is 9.78. The van der Waals surface area contributed by atoms with E-state index >= 15 is 0 Å². The van der Waals surface area contributed by atoms with Crippen molar-refractivity contribution < 1.29 is 61.1 Å². The molecule has 0 aromatic heterocycles. The number of aryl methyl sites for hydroxylation is 2. The third kappa shape index (κ3) is 8.32. The van der Waals surface area contributed by atoms with Crippen LogP contribution in [0.4, 0.5) is 52.7 Å². The van der Waals surface area contributed by atoms with Gasteiger partial charge in [-0.2, -0.15) is 52.7 Å². The first-order valence-corrected chi connectivity index (χ1v) is 11.2. The van der Waals surface area contributed by atoms with Crippen molar-refractivity contribution in [2.45, 2.75) is 37.5 Å². The van der Waals surface area contributed by atoms with Gasteiger partial charge in [-0.15, -0.1) is 0 Å². The Hall–Kier alpha value is -2.45. The quantitative estimate of drug-likeness (QED) is 0.367. The molecule has 0 saturated carbocycles. The molecule has 0 bridgehead atoms. The van der Waals surface area contributed by atoms with Crippen LogP contribution >= 0.6 is 0 Å². The molecule has 2 aromatic rings. The van der Waals surface area contributed by atoms with Gasteiger partial charge in [-0.1, -0.05) is 0 Å². The van der Waals surface area contributed by atoms with Crippen molar-refractivity contribution in [3.63, 3.8) is 0 Å². The maximum Gasteiger partial charge on any atom is 0.416 e. The van der Waals surface area contributed by atoms with E-state index in [0.717, 1.165) is 0 Å². The molecule has 0 unspecified atom stereocenters. The lowest BCUT2D eigenvalue weighted by Gasteiger charge is -2.15. The van der Waals surface area contributed by atoms with E-state index in [2.05, 4.69) is 0 Å². The average Bonchev–Trinajstić information content (AvgIpc) is 2.68. The van der Waals surface area contributed by atoms with Gasteiger partial charge in [0, 0.05) is 0 Å². The van der Waals surface area contributed by atoms with E-state index in [-0.39, 0.29) is 12.1 Å². The van der Waals surface area contributed by atoms with Crippen LogP contribution in [0.2, 0.25) is 0 Å². The van der Waals surface area contributed by atoms with Gasteiger partial charge in [0.25, 0.3) is 0 Å². The molecule has 0 spiro atoms. The van der Waals surface area contributed by atoms with E-state index < -0.39 is 92.3 Å². The highest BCUT2D eigenvalue weighted by atomic mass is 32.2. The summed E-state index contributed by atoms with van der Waals surface area (Å²) in [6, 6.07) is 1.01. The number of hydrogen-bond donors (Lipinski definition) is 0. The first kappa shape index (κ1) is 28.8. The van der Waals surface area contributed by atoms with E-state index in [1.54, 1.807) is 0 Å². The molecule has 0 aliphatic rings. The zero-order chi connectivity index (χ0) is 27.0. The minimum atomic E-state index is -5.16. The summed E-state index contributed by atoms with van der Waals surface area (Å²) in [5.41, 5.74) is -7.89. The summed E-state index contributed by atoms with van der Waals surface area (Å²) in [5, 5.41) is 0. The Morgan fingerprint density at radius 2 is 0.686 bits per heavy atom. The number of halogens is 12. The Morgan fingerprint density at radius 3 is 0.886 bits per heavy atom. The summed E-state index contributed by atoms with van der Waals surface area (Å²) < 4.78 is 179. The molecule has 0 aliphatic heterocycles. The number of rotatable bonds is 6. The first-order valence-electron chi connectivity index (χ1n) is 9.35. The van der Waals surface area contributed by atoms with Crippen molar-refractivity contribution in [1.82, 2.24) is 0 Å². The normalized spacial score (nSPS) is 13.8. The Bertz CT molecular complexity index is 1010. The van der Waals surface area contributed by atoms with Gasteiger partial charge in [0.15, 0.2) is 9.84 Å². The molecule has 2 aromatic carbocycles. The van der Waals surface area contributed by atoms with Crippen LogP contribution < -0.4 is 0 Å². The zero-order valence-corrected chi connectivity index (χ0v) is 17.9. The fourth-order valence-electron chi connectivity index (χ4n) is 2.98. The number of hydrogen-bond acceptors (Lipinski definition) is 2. The van der Waals surface area contributed by atoms with Gasteiger partial charge in [0.2, 0.25) is 0 Å². The van der Waals surface area contributed by atoms with Gasteiger partial charge in [-0.05, 0) is 60.4 Å². The number of benzene rings is 2. The van der Waals surface area contributed by atoms with Crippen LogP contribution in [0.1, 0.15) is 33.4 Å². The molecule has 0 saturated heterocycles. The maximum atomic E-state index is 12.9. The summed E-state index contributed by atoms with van der Waals surface area (Å²) in [5.74, 6) is -1.98. The molecule has 2 nitrogen and oxygen atoms in total. The molecule has 0 N–H and O–H groups in total. The highest BCUT2D eigenvalue weighted by Gasteiger charge is 2.38. The molecule has 35 heavy (non-hydrogen) atoms. The Labute approximate surface area is 190 Å². The van der Waals surface area contributed by atoms with Crippen molar-refractivity contribution in [3.8, 4) is 0 Å². The predicted molar refractivity (Wildman–Crippen MR) is 99.0 cm³/mol. The van der Waals surface area contributed by atoms with E-state index in [1.807, 2.05) is 0 Å². The highest BCUT2D eigenvalue weighted by Crippen LogP contribution is 2.38. The van der Waals surface area contributed by atoms with Crippen molar-refractivity contribution in [1.29, 1.82) is 0 Å². The Kier molecular flexibility index (Phi) is 7.85. The van der Waals surface area contributed by atoms with Crippen LogP contribution in [0.3, 0.4) is 0 Å². The van der Waals surface area contributed by atoms with E-state index in [9.17, 15) is 61.1 Å². The Balaban J connectivity index is 2.24. The second kappa shape index (κ2) is 9.54. The summed E-state index contributed by atoms with van der Waals surface area (Å²) in [4.78, 5) is 0. The molecule has 0 amide bonds. The predicted octanol–water partition coefficient (Wildman–Crippen LogP) is 6.96. The molecule has 2 rings (SSSR count). The fourth-order valence-corrected chi connectivity index (χ4v) is 4.27. The Morgan fingerprint density at radius 1 is 0.457 bits per heavy atom. The number of alkyl halides is 12. The van der Waals surface area contributed by atoms with Crippen LogP contribution in [0.25, 0.3) is 0 Å². The van der Waals surface area contributed by atoms with Gasteiger partial charge in [-0.25, -0.2) is 8.42 Å². The monoisotopic (exact) mass is 546 g/mol. The van der Waals surface area contributed by atoms with Gasteiger partial charge < -0.3 is 0 Å². The fraction of sp³-hybridized carbons (Fsp3) is 0.400. The molecule has 196 valence electrons. The lowest BCUT2D eigenvalue weighted by molar-refractivity contribution is -0.144. The lowest BCUT2D eigenvalue weighted by Crippen LogP contribution is -2.17. The highest BCUT2D eigenvalue weighted by molar-refractivity contribution is 7.91. The van der Waals surface area contributed by atoms with Crippen molar-refractivity contribution in [2.24, 2.45) is 0 Å². The maximum absolute atomic E-state index is 12.9. The van der Waals surface area contributed by atoms with Gasteiger partial charge >= 0.3 is 24.7 Å². The third-order valence-electron chi connectivity index (χ3n) is 4.70. The van der Waals surface area contributed by atoms with E-state index in [4.69, 9.17) is 0 Å². The smallest absolute Gasteiger partial charge is 0.229 e. The van der Waals surface area contributed by atoms with Crippen LogP contribution in [0, 0.1) is 0 Å². The second-order valence-electron chi connectivity index (χ2n) is 7.48. The van der Waals surface area contributed by atoms with Crippen molar-refractivity contribution in [3.05, 3.63) is 69.8 Å². The average molecular weight is 546 g/mol. The molecular formula is C20H14F12O2S. The summed E-state index contributed by atoms with van der Waals surface area (Å²) >= 11 is 0. The molecular weight excluding hydrogens is 532 g/mol. The van der Waals surface area contributed by atoms with Crippen molar-refractivity contribution >= 4 is 9.84 Å². The van der Waals surface area contributed by atoms with Gasteiger partial charge in [0.05, 0.1) is 33.8 Å². The topological polar surface area (TPSA) is 34.1 Å². The minimum Gasteiger partial charge on any atom is -0.229 e. The van der Waals surface area contributed by atoms with E-state index in [0.29, 0.717) is 24.3 Å². The zero-order valence-electron chi connectivity index (χ0n) is 17.1. The standard InChI is InChI=1S/C20H14F12O2S/c21-17(22,23)13-5-11(6-14(9-13)18(24,25)26)1-3-35(33,34)4-2-12-7-15(19(27,28)29)10-16(8-12)20(30,31)32/h5-10H,1-4H2. The largest absolute Gasteiger partial charge is 0.416 e. The number of sulfone groups is 1. The molecule has 15 heteroatoms. The third-order valence-corrected chi connectivity index (χ3v) is 6.35.